The highest BCUT2D eigenvalue weighted by Gasteiger charge is 2.38. The molecule has 0 aliphatic heterocycles. The van der Waals surface area contributed by atoms with Gasteiger partial charge >= 0.3 is 6.18 Å². The normalized spacial score (nSPS) is 11.6. The maximum absolute atomic E-state index is 12.3. The van der Waals surface area contributed by atoms with Crippen molar-refractivity contribution in [3.63, 3.8) is 0 Å². The van der Waals surface area contributed by atoms with E-state index in [1.165, 1.54) is 6.07 Å². The molecule has 0 spiro atoms. The van der Waals surface area contributed by atoms with Gasteiger partial charge < -0.3 is 0 Å². The van der Waals surface area contributed by atoms with Crippen LogP contribution in [0.5, 0.6) is 0 Å². The van der Waals surface area contributed by atoms with Crippen LogP contribution in [0.1, 0.15) is 23.2 Å². The van der Waals surface area contributed by atoms with Crippen LogP contribution in [0.15, 0.2) is 6.07 Å². The van der Waals surface area contributed by atoms with Crippen molar-refractivity contribution in [2.75, 3.05) is 0 Å². The zero-order valence-electron chi connectivity index (χ0n) is 7.32. The number of rotatable bonds is 1. The number of nitriles is 1. The Hall–Kier alpha value is -1.42. The van der Waals surface area contributed by atoms with E-state index < -0.39 is 34.6 Å². The number of pyridine rings is 1. The Morgan fingerprint density at radius 2 is 1.94 bits per heavy atom. The summed E-state index contributed by atoms with van der Waals surface area (Å²) >= 11 is 5.23. The van der Waals surface area contributed by atoms with Gasteiger partial charge in [-0.05, 0) is 6.07 Å². The maximum atomic E-state index is 12.3. The lowest BCUT2D eigenvalue weighted by molar-refractivity contribution is -0.143. The number of hydrogen-bond acceptors (Lipinski definition) is 2. The van der Waals surface area contributed by atoms with Gasteiger partial charge in [0.05, 0.1) is 5.56 Å². The molecule has 0 N–H and O–H groups in total. The van der Waals surface area contributed by atoms with Gasteiger partial charge in [-0.3, -0.25) is 0 Å². The smallest absolute Gasteiger partial charge is 0.230 e. The zero-order valence-corrected chi connectivity index (χ0v) is 8.07. The van der Waals surface area contributed by atoms with E-state index in [1.807, 2.05) is 0 Å². The predicted octanol–water partition coefficient (Wildman–Crippen LogP) is 3.56. The standard InChI is InChI=1S/C8H2ClF5N2/c9-6-3(2-15)1-4(7(10)11)5(16-6)8(12,13)14/h1,7H. The Labute approximate surface area is 91.3 Å². The summed E-state index contributed by atoms with van der Waals surface area (Å²) in [6, 6.07) is 1.77. The minimum atomic E-state index is -5.04. The number of nitrogens with zero attached hydrogens (tertiary/aromatic N) is 2. The summed E-state index contributed by atoms with van der Waals surface area (Å²) < 4.78 is 61.5. The molecule has 0 aliphatic rings. The van der Waals surface area contributed by atoms with E-state index in [1.54, 1.807) is 0 Å². The van der Waals surface area contributed by atoms with Gasteiger partial charge in [0.15, 0.2) is 5.69 Å². The highest BCUT2D eigenvalue weighted by molar-refractivity contribution is 6.30. The molecule has 1 aromatic rings. The van der Waals surface area contributed by atoms with Crippen LogP contribution in [-0.4, -0.2) is 4.98 Å². The molecule has 1 heterocycles. The zero-order chi connectivity index (χ0) is 12.5. The molecule has 86 valence electrons. The second-order valence-electron chi connectivity index (χ2n) is 2.67. The third-order valence-electron chi connectivity index (χ3n) is 1.63. The summed E-state index contributed by atoms with van der Waals surface area (Å²) in [7, 11) is 0. The first-order chi connectivity index (χ1) is 7.27. The minimum Gasteiger partial charge on any atom is -0.230 e. The van der Waals surface area contributed by atoms with Gasteiger partial charge in [0, 0.05) is 5.56 Å². The Morgan fingerprint density at radius 1 is 1.38 bits per heavy atom. The van der Waals surface area contributed by atoms with Crippen LogP contribution in [0.2, 0.25) is 5.15 Å². The number of alkyl halides is 5. The van der Waals surface area contributed by atoms with Crippen molar-refractivity contribution in [1.82, 2.24) is 4.98 Å². The van der Waals surface area contributed by atoms with Gasteiger partial charge in [-0.15, -0.1) is 0 Å². The first-order valence-corrected chi connectivity index (χ1v) is 4.11. The van der Waals surface area contributed by atoms with Gasteiger partial charge in [0.1, 0.15) is 11.2 Å². The first-order valence-electron chi connectivity index (χ1n) is 3.73. The van der Waals surface area contributed by atoms with Gasteiger partial charge in [-0.2, -0.15) is 18.4 Å². The molecule has 0 unspecified atom stereocenters. The molecule has 0 saturated carbocycles. The summed E-state index contributed by atoms with van der Waals surface area (Å²) in [5.74, 6) is 0. The molecule has 0 radical (unpaired) electrons. The average Bonchev–Trinajstić information content (AvgIpc) is 2.15. The van der Waals surface area contributed by atoms with Crippen LogP contribution in [0, 0.1) is 11.3 Å². The van der Waals surface area contributed by atoms with E-state index in [9.17, 15) is 22.0 Å². The van der Waals surface area contributed by atoms with Crippen molar-refractivity contribution >= 4 is 11.6 Å². The van der Waals surface area contributed by atoms with Gasteiger partial charge in [-0.1, -0.05) is 11.6 Å². The molecular formula is C8H2ClF5N2. The Balaban J connectivity index is 3.50. The summed E-state index contributed by atoms with van der Waals surface area (Å²) in [6.45, 7) is 0. The molecule has 0 aliphatic carbocycles. The van der Waals surface area contributed by atoms with Crippen molar-refractivity contribution in [2.24, 2.45) is 0 Å². The molecule has 0 bridgehead atoms. The Kier molecular flexibility index (Phi) is 3.33. The van der Waals surface area contributed by atoms with Crippen LogP contribution >= 0.6 is 11.6 Å². The molecule has 1 rings (SSSR count). The topological polar surface area (TPSA) is 36.7 Å². The molecule has 0 fully saturated rings. The summed E-state index contributed by atoms with van der Waals surface area (Å²) in [6.07, 6.45) is -8.42. The molecule has 8 heteroatoms. The largest absolute Gasteiger partial charge is 0.433 e. The summed E-state index contributed by atoms with van der Waals surface area (Å²) in [5.41, 5.74) is -3.65. The quantitative estimate of drug-likeness (QED) is 0.569. The van der Waals surface area contributed by atoms with Crippen LogP contribution in [0.4, 0.5) is 22.0 Å². The van der Waals surface area contributed by atoms with E-state index in [2.05, 4.69) is 4.98 Å². The van der Waals surface area contributed by atoms with Gasteiger partial charge in [-0.25, -0.2) is 13.8 Å². The van der Waals surface area contributed by atoms with E-state index in [0.717, 1.165) is 0 Å². The number of halogens is 6. The monoisotopic (exact) mass is 256 g/mol. The fourth-order valence-corrected chi connectivity index (χ4v) is 1.16. The lowest BCUT2D eigenvalue weighted by Gasteiger charge is -2.11. The molecule has 0 saturated heterocycles. The van der Waals surface area contributed by atoms with Crippen LogP contribution < -0.4 is 0 Å². The van der Waals surface area contributed by atoms with Crippen molar-refractivity contribution in [2.45, 2.75) is 12.6 Å². The summed E-state index contributed by atoms with van der Waals surface area (Å²) in [5, 5.41) is 7.67. The van der Waals surface area contributed by atoms with Crippen molar-refractivity contribution < 1.29 is 22.0 Å². The fraction of sp³-hybridized carbons (Fsp3) is 0.250. The summed E-state index contributed by atoms with van der Waals surface area (Å²) in [4.78, 5) is 2.77. The SMILES string of the molecule is N#Cc1cc(C(F)F)c(C(F)(F)F)nc1Cl. The van der Waals surface area contributed by atoms with Crippen LogP contribution in [-0.2, 0) is 6.18 Å². The lowest BCUT2D eigenvalue weighted by atomic mass is 10.1. The highest BCUT2D eigenvalue weighted by atomic mass is 35.5. The van der Waals surface area contributed by atoms with Crippen LogP contribution in [0.3, 0.4) is 0 Å². The van der Waals surface area contributed by atoms with Crippen molar-refractivity contribution in [3.8, 4) is 6.07 Å². The Bertz CT molecular complexity index is 449. The van der Waals surface area contributed by atoms with Crippen molar-refractivity contribution in [1.29, 1.82) is 5.26 Å². The maximum Gasteiger partial charge on any atom is 0.433 e. The predicted molar refractivity (Wildman–Crippen MR) is 43.9 cm³/mol. The van der Waals surface area contributed by atoms with Gasteiger partial charge in [0.2, 0.25) is 0 Å². The second-order valence-corrected chi connectivity index (χ2v) is 3.03. The molecule has 16 heavy (non-hydrogen) atoms. The molecular weight excluding hydrogens is 255 g/mol. The number of aromatic nitrogens is 1. The lowest BCUT2D eigenvalue weighted by Crippen LogP contribution is -2.13. The third kappa shape index (κ3) is 2.39. The molecule has 0 atom stereocenters. The number of hydrogen-bond donors (Lipinski definition) is 0. The van der Waals surface area contributed by atoms with E-state index in [4.69, 9.17) is 16.9 Å². The second kappa shape index (κ2) is 4.22. The van der Waals surface area contributed by atoms with E-state index in [-0.39, 0.29) is 0 Å². The Morgan fingerprint density at radius 3 is 2.31 bits per heavy atom. The highest BCUT2D eigenvalue weighted by Crippen LogP contribution is 2.36. The fourth-order valence-electron chi connectivity index (χ4n) is 0.978. The minimum absolute atomic E-state index is 0.392. The molecule has 1 aromatic heterocycles. The average molecular weight is 257 g/mol. The molecule has 2 nitrogen and oxygen atoms in total. The first kappa shape index (κ1) is 12.6. The van der Waals surface area contributed by atoms with Crippen LogP contribution in [0.25, 0.3) is 0 Å². The van der Waals surface area contributed by atoms with Gasteiger partial charge in [0.25, 0.3) is 6.43 Å². The molecule has 0 aromatic carbocycles. The van der Waals surface area contributed by atoms with Crippen molar-refractivity contribution in [3.05, 3.63) is 28.0 Å². The molecule has 0 amide bonds. The van der Waals surface area contributed by atoms with E-state index >= 15 is 0 Å². The van der Waals surface area contributed by atoms with E-state index in [0.29, 0.717) is 6.07 Å². The third-order valence-corrected chi connectivity index (χ3v) is 1.92.